The molecule has 0 aliphatic rings. The minimum absolute atomic E-state index is 0.227. The average molecular weight is 636 g/mol. The summed E-state index contributed by atoms with van der Waals surface area (Å²) >= 11 is 5.38. The van der Waals surface area contributed by atoms with E-state index >= 15 is 0 Å². The molecule has 2 N–H and O–H groups in total. The van der Waals surface area contributed by atoms with Crippen molar-refractivity contribution in [2.45, 2.75) is 0 Å². The second-order valence-electron chi connectivity index (χ2n) is 6.77. The van der Waals surface area contributed by atoms with Crippen LogP contribution in [0.15, 0.2) is 76.3 Å². The predicted octanol–water partition coefficient (Wildman–Crippen LogP) is 4.16. The van der Waals surface area contributed by atoms with Gasteiger partial charge in [0.15, 0.2) is 11.5 Å². The number of benzene rings is 3. The monoisotopic (exact) mass is 635 g/mol. The van der Waals surface area contributed by atoms with E-state index in [0.717, 1.165) is 8.04 Å². The molecule has 3 aromatic carbocycles. The molecule has 0 atom stereocenters. The van der Waals surface area contributed by atoms with Crippen molar-refractivity contribution in [3.05, 3.63) is 91.5 Å². The van der Waals surface area contributed by atoms with Crippen LogP contribution in [0.1, 0.15) is 26.3 Å². The quantitative estimate of drug-likeness (QED) is 0.127. The van der Waals surface area contributed by atoms with E-state index < -0.39 is 11.9 Å². The van der Waals surface area contributed by atoms with E-state index in [4.69, 9.17) is 9.47 Å². The van der Waals surface area contributed by atoms with E-state index in [0.29, 0.717) is 22.4 Å². The van der Waals surface area contributed by atoms with Crippen molar-refractivity contribution in [2.24, 2.45) is 5.10 Å². The fraction of sp³-hybridized carbons (Fsp3) is 0.0833. The third-order valence-electron chi connectivity index (χ3n) is 4.38. The number of hydrogen-bond donors (Lipinski definition) is 2. The van der Waals surface area contributed by atoms with Crippen molar-refractivity contribution in [3.63, 3.8) is 0 Å². The van der Waals surface area contributed by atoms with Gasteiger partial charge in [0.2, 0.25) is 0 Å². The van der Waals surface area contributed by atoms with Crippen LogP contribution in [0.5, 0.6) is 11.5 Å². The molecule has 3 aromatic rings. The molecule has 0 saturated carbocycles. The lowest BCUT2D eigenvalue weighted by molar-refractivity contribution is -0.120. The van der Waals surface area contributed by atoms with E-state index in [1.54, 1.807) is 54.6 Å². The molecule has 0 aromatic heterocycles. The lowest BCUT2D eigenvalue weighted by Gasteiger charge is -2.10. The van der Waals surface area contributed by atoms with Gasteiger partial charge in [0, 0.05) is 8.04 Å². The van der Waals surface area contributed by atoms with Gasteiger partial charge in [-0.05, 0) is 76.7 Å². The Balaban J connectivity index is 1.55. The molecule has 3 rings (SSSR count). The molecule has 2 amide bonds. The van der Waals surface area contributed by atoms with Crippen molar-refractivity contribution in [3.8, 4) is 11.5 Å². The maximum atomic E-state index is 12.4. The molecule has 34 heavy (non-hydrogen) atoms. The van der Waals surface area contributed by atoms with Crippen LogP contribution in [0, 0.1) is 3.57 Å². The Morgan fingerprint density at radius 1 is 1.03 bits per heavy atom. The van der Waals surface area contributed by atoms with Crippen molar-refractivity contribution in [1.82, 2.24) is 10.7 Å². The van der Waals surface area contributed by atoms with Gasteiger partial charge in [-0.15, -0.1) is 0 Å². The second-order valence-corrected chi connectivity index (χ2v) is 8.84. The van der Waals surface area contributed by atoms with Gasteiger partial charge >= 0.3 is 5.97 Å². The van der Waals surface area contributed by atoms with Crippen LogP contribution in [0.2, 0.25) is 0 Å². The van der Waals surface area contributed by atoms with Gasteiger partial charge in [-0.25, -0.2) is 10.2 Å². The Hall–Kier alpha value is -3.25. The van der Waals surface area contributed by atoms with Gasteiger partial charge in [-0.2, -0.15) is 5.10 Å². The van der Waals surface area contributed by atoms with Crippen molar-refractivity contribution >= 4 is 62.5 Å². The lowest BCUT2D eigenvalue weighted by Crippen LogP contribution is -2.35. The highest BCUT2D eigenvalue weighted by atomic mass is 127. The maximum absolute atomic E-state index is 12.4. The number of hydrazone groups is 1. The normalized spacial score (nSPS) is 10.6. The number of nitrogens with zero attached hydrogens (tertiary/aromatic N) is 1. The number of carbonyl (C=O) groups excluding carboxylic acids is 3. The SMILES string of the molecule is COc1cc(C=NNC(=O)CNC(=O)c2ccccc2I)ccc1OC(=O)c1cccc(Br)c1. The third kappa shape index (κ3) is 7.12. The van der Waals surface area contributed by atoms with Crippen LogP contribution < -0.4 is 20.2 Å². The highest BCUT2D eigenvalue weighted by Crippen LogP contribution is 2.28. The van der Waals surface area contributed by atoms with Gasteiger partial charge in [0.05, 0.1) is 31.0 Å². The number of methoxy groups -OCH3 is 1. The number of ether oxygens (including phenoxy) is 2. The highest BCUT2D eigenvalue weighted by Gasteiger charge is 2.13. The Morgan fingerprint density at radius 3 is 2.56 bits per heavy atom. The van der Waals surface area contributed by atoms with Crippen LogP contribution in [-0.4, -0.2) is 37.7 Å². The number of carbonyl (C=O) groups is 3. The second kappa shape index (κ2) is 12.3. The Labute approximate surface area is 218 Å². The minimum Gasteiger partial charge on any atom is -0.493 e. The Morgan fingerprint density at radius 2 is 1.82 bits per heavy atom. The first-order valence-corrected chi connectivity index (χ1v) is 11.7. The summed E-state index contributed by atoms with van der Waals surface area (Å²) < 4.78 is 12.3. The molecule has 0 unspecified atom stereocenters. The zero-order valence-corrected chi connectivity index (χ0v) is 21.6. The van der Waals surface area contributed by atoms with Crippen LogP contribution in [-0.2, 0) is 4.79 Å². The first-order chi connectivity index (χ1) is 16.4. The summed E-state index contributed by atoms with van der Waals surface area (Å²) in [5, 5.41) is 6.44. The smallest absolute Gasteiger partial charge is 0.343 e. The molecule has 0 aliphatic heterocycles. The van der Waals surface area contributed by atoms with E-state index in [-0.39, 0.29) is 18.2 Å². The first-order valence-electron chi connectivity index (χ1n) is 9.88. The summed E-state index contributed by atoms with van der Waals surface area (Å²) in [6, 6.07) is 18.7. The van der Waals surface area contributed by atoms with Crippen molar-refractivity contribution < 1.29 is 23.9 Å². The molecular formula is C24H19BrIN3O5. The lowest BCUT2D eigenvalue weighted by atomic mass is 10.2. The molecule has 0 fully saturated rings. The molecule has 0 spiro atoms. The van der Waals surface area contributed by atoms with Gasteiger partial charge in [-0.1, -0.05) is 34.1 Å². The van der Waals surface area contributed by atoms with E-state index in [1.165, 1.54) is 13.3 Å². The molecule has 10 heteroatoms. The molecule has 0 radical (unpaired) electrons. The standard InChI is InChI=1S/C24H19BrIN3O5/c1-33-21-11-15(9-10-20(21)34-24(32)16-5-4-6-17(25)12-16)13-28-29-22(30)14-27-23(31)18-7-2-3-8-19(18)26/h2-13H,14H2,1H3,(H,27,31)(H,29,30). The van der Waals surface area contributed by atoms with E-state index in [2.05, 4.69) is 54.4 Å². The zero-order valence-electron chi connectivity index (χ0n) is 17.9. The van der Waals surface area contributed by atoms with E-state index in [1.807, 2.05) is 12.1 Å². The van der Waals surface area contributed by atoms with E-state index in [9.17, 15) is 14.4 Å². The topological polar surface area (TPSA) is 106 Å². The van der Waals surface area contributed by atoms with Gasteiger partial charge in [0.25, 0.3) is 11.8 Å². The summed E-state index contributed by atoms with van der Waals surface area (Å²) in [6.07, 6.45) is 1.41. The van der Waals surface area contributed by atoms with Crippen LogP contribution in [0.4, 0.5) is 0 Å². The molecule has 0 bridgehead atoms. The van der Waals surface area contributed by atoms with Crippen LogP contribution >= 0.6 is 38.5 Å². The largest absolute Gasteiger partial charge is 0.493 e. The van der Waals surface area contributed by atoms with Gasteiger partial charge in [-0.3, -0.25) is 9.59 Å². The summed E-state index contributed by atoms with van der Waals surface area (Å²) in [5.74, 6) is -0.792. The average Bonchev–Trinajstić information content (AvgIpc) is 2.83. The highest BCUT2D eigenvalue weighted by molar-refractivity contribution is 14.1. The van der Waals surface area contributed by atoms with Crippen LogP contribution in [0.3, 0.4) is 0 Å². The number of rotatable bonds is 8. The van der Waals surface area contributed by atoms with Gasteiger partial charge < -0.3 is 14.8 Å². The summed E-state index contributed by atoms with van der Waals surface area (Å²) in [5.41, 5.74) is 3.83. The number of halogens is 2. The Kier molecular flexibility index (Phi) is 9.16. The summed E-state index contributed by atoms with van der Waals surface area (Å²) in [4.78, 5) is 36.5. The van der Waals surface area contributed by atoms with Crippen LogP contribution in [0.25, 0.3) is 0 Å². The maximum Gasteiger partial charge on any atom is 0.343 e. The summed E-state index contributed by atoms with van der Waals surface area (Å²) in [6.45, 7) is -0.227. The predicted molar refractivity (Wildman–Crippen MR) is 139 cm³/mol. The van der Waals surface area contributed by atoms with Crippen molar-refractivity contribution in [1.29, 1.82) is 0 Å². The first kappa shape index (κ1) is 25.4. The molecule has 8 nitrogen and oxygen atoms in total. The Bertz CT molecular complexity index is 1250. The van der Waals surface area contributed by atoms with Crippen molar-refractivity contribution in [2.75, 3.05) is 13.7 Å². The fourth-order valence-corrected chi connectivity index (χ4v) is 3.77. The molecular weight excluding hydrogens is 617 g/mol. The molecule has 0 heterocycles. The minimum atomic E-state index is -0.527. The molecule has 174 valence electrons. The summed E-state index contributed by atoms with van der Waals surface area (Å²) in [7, 11) is 1.45. The number of esters is 1. The number of amides is 2. The van der Waals surface area contributed by atoms with Gasteiger partial charge in [0.1, 0.15) is 0 Å². The number of nitrogens with one attached hydrogen (secondary N) is 2. The molecule has 0 saturated heterocycles. The fourth-order valence-electron chi connectivity index (χ4n) is 2.74. The zero-order chi connectivity index (χ0) is 24.5. The third-order valence-corrected chi connectivity index (χ3v) is 5.82. The molecule has 0 aliphatic carbocycles. The number of hydrogen-bond acceptors (Lipinski definition) is 6.